The summed E-state index contributed by atoms with van der Waals surface area (Å²) in [7, 11) is 0. The number of nitrogens with two attached hydrogens (primary N) is 1. The smallest absolute Gasteiger partial charge is 0.201 e. The number of fused-ring (bicyclic) bond motifs is 1. The number of aromatic nitrogens is 3. The first kappa shape index (κ1) is 11.7. The van der Waals surface area contributed by atoms with Gasteiger partial charge < -0.3 is 10.3 Å². The van der Waals surface area contributed by atoms with Gasteiger partial charge in [-0.05, 0) is 43.2 Å². The van der Waals surface area contributed by atoms with Crippen LogP contribution in [-0.4, -0.2) is 14.5 Å². The predicted molar refractivity (Wildman–Crippen MR) is 76.9 cm³/mol. The maximum atomic E-state index is 6.10. The largest absolute Gasteiger partial charge is 0.369 e. The van der Waals surface area contributed by atoms with Crippen LogP contribution in [0.3, 0.4) is 0 Å². The van der Waals surface area contributed by atoms with Crippen molar-refractivity contribution in [1.29, 1.82) is 0 Å². The number of anilines is 1. The zero-order valence-electron chi connectivity index (χ0n) is 11.0. The van der Waals surface area contributed by atoms with Crippen LogP contribution in [-0.2, 0) is 0 Å². The lowest BCUT2D eigenvalue weighted by Crippen LogP contribution is -2.10. The number of nitrogen functional groups attached to an aromatic ring is 1. The third-order valence-electron chi connectivity index (χ3n) is 3.52. The van der Waals surface area contributed by atoms with E-state index in [0.29, 0.717) is 5.95 Å². The Hall–Kier alpha value is -2.36. The molecule has 0 bridgehead atoms. The van der Waals surface area contributed by atoms with Gasteiger partial charge in [-0.1, -0.05) is 12.1 Å². The normalized spacial score (nSPS) is 12.7. The topological polar surface area (TPSA) is 56.7 Å². The zero-order valence-corrected chi connectivity index (χ0v) is 11.0. The van der Waals surface area contributed by atoms with Gasteiger partial charge in [-0.2, -0.15) is 0 Å². The molecule has 2 N–H and O–H groups in total. The minimum Gasteiger partial charge on any atom is -0.369 e. The summed E-state index contributed by atoms with van der Waals surface area (Å²) in [5.74, 6) is 0.550. The first-order chi connectivity index (χ1) is 9.18. The second-order valence-corrected chi connectivity index (χ2v) is 4.74. The van der Waals surface area contributed by atoms with Crippen LogP contribution in [0.4, 0.5) is 5.95 Å². The van der Waals surface area contributed by atoms with Crippen LogP contribution in [0.5, 0.6) is 0 Å². The summed E-state index contributed by atoms with van der Waals surface area (Å²) in [6, 6.07) is 10.3. The second-order valence-electron chi connectivity index (χ2n) is 4.74. The number of para-hydroxylation sites is 1. The molecule has 0 aliphatic carbocycles. The first-order valence-electron chi connectivity index (χ1n) is 6.31. The molecule has 0 aliphatic heterocycles. The number of benzene rings is 1. The fourth-order valence-electron chi connectivity index (χ4n) is 2.47. The van der Waals surface area contributed by atoms with Gasteiger partial charge in [0, 0.05) is 12.4 Å². The lowest BCUT2D eigenvalue weighted by atomic mass is 10.1. The molecular weight excluding hydrogens is 236 g/mol. The van der Waals surface area contributed by atoms with Crippen LogP contribution in [0.15, 0.2) is 42.7 Å². The summed E-state index contributed by atoms with van der Waals surface area (Å²) < 4.78 is 2.07. The van der Waals surface area contributed by atoms with Crippen molar-refractivity contribution in [1.82, 2.24) is 14.5 Å². The molecule has 3 aromatic rings. The molecule has 1 atom stereocenters. The van der Waals surface area contributed by atoms with Gasteiger partial charge in [0.05, 0.1) is 17.1 Å². The molecule has 0 fully saturated rings. The van der Waals surface area contributed by atoms with E-state index in [0.717, 1.165) is 16.6 Å². The van der Waals surface area contributed by atoms with Crippen molar-refractivity contribution in [3.8, 4) is 0 Å². The number of imidazole rings is 1. The molecule has 1 unspecified atom stereocenters. The van der Waals surface area contributed by atoms with Crippen molar-refractivity contribution in [2.24, 2.45) is 0 Å². The molecule has 0 radical (unpaired) electrons. The first-order valence-corrected chi connectivity index (χ1v) is 6.31. The van der Waals surface area contributed by atoms with Gasteiger partial charge in [0.1, 0.15) is 0 Å². The molecule has 0 aliphatic rings. The lowest BCUT2D eigenvalue weighted by Gasteiger charge is -2.16. The van der Waals surface area contributed by atoms with Gasteiger partial charge in [-0.25, -0.2) is 4.98 Å². The van der Waals surface area contributed by atoms with Crippen LogP contribution in [0.1, 0.15) is 24.1 Å². The summed E-state index contributed by atoms with van der Waals surface area (Å²) >= 11 is 0. The molecule has 4 heteroatoms. The SMILES string of the molecule is Cc1cccc2c1nc(N)n2C(C)c1ccncc1. The Morgan fingerprint density at radius 1 is 1.16 bits per heavy atom. The highest BCUT2D eigenvalue weighted by atomic mass is 15.2. The monoisotopic (exact) mass is 252 g/mol. The van der Waals surface area contributed by atoms with E-state index >= 15 is 0 Å². The highest BCUT2D eigenvalue weighted by Crippen LogP contribution is 2.28. The number of hydrogen-bond donors (Lipinski definition) is 1. The van der Waals surface area contributed by atoms with E-state index in [9.17, 15) is 0 Å². The van der Waals surface area contributed by atoms with E-state index in [1.54, 1.807) is 12.4 Å². The maximum absolute atomic E-state index is 6.10. The van der Waals surface area contributed by atoms with Gasteiger partial charge in [-0.3, -0.25) is 4.98 Å². The summed E-state index contributed by atoms with van der Waals surface area (Å²) in [6.07, 6.45) is 3.60. The maximum Gasteiger partial charge on any atom is 0.201 e. The highest BCUT2D eigenvalue weighted by Gasteiger charge is 2.16. The molecule has 2 heterocycles. The lowest BCUT2D eigenvalue weighted by molar-refractivity contribution is 0.667. The predicted octanol–water partition coefficient (Wildman–Crippen LogP) is 2.93. The summed E-state index contributed by atoms with van der Waals surface area (Å²) in [6.45, 7) is 4.17. The third-order valence-corrected chi connectivity index (χ3v) is 3.52. The molecule has 96 valence electrons. The number of hydrogen-bond acceptors (Lipinski definition) is 3. The van der Waals surface area contributed by atoms with Gasteiger partial charge >= 0.3 is 0 Å². The summed E-state index contributed by atoms with van der Waals surface area (Å²) in [4.78, 5) is 8.54. The molecule has 0 amide bonds. The van der Waals surface area contributed by atoms with Crippen molar-refractivity contribution >= 4 is 17.0 Å². The molecule has 0 saturated heterocycles. The van der Waals surface area contributed by atoms with Crippen LogP contribution >= 0.6 is 0 Å². The Kier molecular flexibility index (Phi) is 2.71. The minimum atomic E-state index is 0.134. The average molecular weight is 252 g/mol. The summed E-state index contributed by atoms with van der Waals surface area (Å²) in [5.41, 5.74) is 10.5. The Morgan fingerprint density at radius 2 is 1.89 bits per heavy atom. The zero-order chi connectivity index (χ0) is 13.4. The Morgan fingerprint density at radius 3 is 2.63 bits per heavy atom. The van der Waals surface area contributed by atoms with Crippen LogP contribution in [0.2, 0.25) is 0 Å². The van der Waals surface area contributed by atoms with Crippen molar-refractivity contribution < 1.29 is 0 Å². The van der Waals surface area contributed by atoms with E-state index in [4.69, 9.17) is 5.73 Å². The van der Waals surface area contributed by atoms with Gasteiger partial charge in [0.25, 0.3) is 0 Å². The molecule has 4 nitrogen and oxygen atoms in total. The molecule has 2 aromatic heterocycles. The molecule has 1 aromatic carbocycles. The highest BCUT2D eigenvalue weighted by molar-refractivity contribution is 5.81. The van der Waals surface area contributed by atoms with E-state index in [2.05, 4.69) is 40.5 Å². The quantitative estimate of drug-likeness (QED) is 0.763. The Labute approximate surface area is 111 Å². The number of aryl methyl sites for hydroxylation is 1. The Balaban J connectivity index is 2.20. The van der Waals surface area contributed by atoms with E-state index in [1.165, 1.54) is 5.56 Å². The molecular formula is C15H16N4. The van der Waals surface area contributed by atoms with Crippen molar-refractivity contribution in [2.75, 3.05) is 5.73 Å². The van der Waals surface area contributed by atoms with E-state index < -0.39 is 0 Å². The number of nitrogens with zero attached hydrogens (tertiary/aromatic N) is 3. The van der Waals surface area contributed by atoms with Crippen molar-refractivity contribution in [3.63, 3.8) is 0 Å². The fraction of sp³-hybridized carbons (Fsp3) is 0.200. The summed E-state index contributed by atoms with van der Waals surface area (Å²) in [5, 5.41) is 0. The van der Waals surface area contributed by atoms with Crippen LogP contribution in [0.25, 0.3) is 11.0 Å². The Bertz CT molecular complexity index is 716. The number of pyridine rings is 1. The molecule has 19 heavy (non-hydrogen) atoms. The van der Waals surface area contributed by atoms with Crippen LogP contribution < -0.4 is 5.73 Å². The molecule has 3 rings (SSSR count). The average Bonchev–Trinajstić information content (AvgIpc) is 2.77. The van der Waals surface area contributed by atoms with Crippen LogP contribution in [0, 0.1) is 6.92 Å². The van der Waals surface area contributed by atoms with Crippen molar-refractivity contribution in [2.45, 2.75) is 19.9 Å². The van der Waals surface area contributed by atoms with E-state index in [-0.39, 0.29) is 6.04 Å². The third kappa shape index (κ3) is 1.85. The fourth-order valence-corrected chi connectivity index (χ4v) is 2.47. The standard InChI is InChI=1S/C15H16N4/c1-10-4-3-5-13-14(10)18-15(16)19(13)11(2)12-6-8-17-9-7-12/h3-9,11H,1-2H3,(H2,16,18). The molecule has 0 saturated carbocycles. The number of rotatable bonds is 2. The second kappa shape index (κ2) is 4.39. The van der Waals surface area contributed by atoms with Gasteiger partial charge in [-0.15, -0.1) is 0 Å². The molecule has 0 spiro atoms. The van der Waals surface area contributed by atoms with Gasteiger partial charge in [0.15, 0.2) is 0 Å². The van der Waals surface area contributed by atoms with Gasteiger partial charge in [0.2, 0.25) is 5.95 Å². The van der Waals surface area contributed by atoms with E-state index in [1.807, 2.05) is 18.2 Å². The minimum absolute atomic E-state index is 0.134. The van der Waals surface area contributed by atoms with Crippen molar-refractivity contribution in [3.05, 3.63) is 53.9 Å².